The lowest BCUT2D eigenvalue weighted by molar-refractivity contribution is 0.767. The van der Waals surface area contributed by atoms with Gasteiger partial charge in [0.1, 0.15) is 0 Å². The number of aromatic nitrogens is 2. The van der Waals surface area contributed by atoms with Crippen molar-refractivity contribution >= 4 is 21.6 Å². The molecule has 0 spiro atoms. The van der Waals surface area contributed by atoms with Gasteiger partial charge in [0.25, 0.3) is 0 Å². The molecule has 1 aromatic carbocycles. The number of hydrogen-bond donors (Lipinski definition) is 1. The molecule has 16 heavy (non-hydrogen) atoms. The van der Waals surface area contributed by atoms with Crippen LogP contribution in [0.5, 0.6) is 0 Å². The number of benzene rings is 1. The highest BCUT2D eigenvalue weighted by Crippen LogP contribution is 2.20. The van der Waals surface area contributed by atoms with E-state index in [1.807, 2.05) is 30.2 Å². The molecule has 2 rings (SSSR count). The normalized spacial score (nSPS) is 10.4. The van der Waals surface area contributed by atoms with E-state index >= 15 is 0 Å². The van der Waals surface area contributed by atoms with Crippen LogP contribution in [0, 0.1) is 6.92 Å². The lowest BCUT2D eigenvalue weighted by atomic mass is 10.2. The van der Waals surface area contributed by atoms with Gasteiger partial charge in [0.15, 0.2) is 0 Å². The van der Waals surface area contributed by atoms with Crippen LogP contribution >= 0.6 is 15.9 Å². The summed E-state index contributed by atoms with van der Waals surface area (Å²) in [6.45, 7) is 2.90. The Morgan fingerprint density at radius 3 is 2.88 bits per heavy atom. The van der Waals surface area contributed by atoms with Crippen LogP contribution in [-0.4, -0.2) is 9.78 Å². The summed E-state index contributed by atoms with van der Waals surface area (Å²) in [6, 6.07) is 6.22. The molecule has 0 aliphatic carbocycles. The predicted octanol–water partition coefficient (Wildman–Crippen LogP) is 3.10. The first-order chi connectivity index (χ1) is 7.65. The first kappa shape index (κ1) is 11.2. The number of nitrogens with zero attached hydrogens (tertiary/aromatic N) is 2. The maximum Gasteiger partial charge on any atom is 0.0539 e. The van der Waals surface area contributed by atoms with Crippen LogP contribution in [0.4, 0.5) is 5.69 Å². The average molecular weight is 280 g/mol. The Morgan fingerprint density at radius 1 is 1.44 bits per heavy atom. The van der Waals surface area contributed by atoms with Gasteiger partial charge >= 0.3 is 0 Å². The summed E-state index contributed by atoms with van der Waals surface area (Å²) in [5.41, 5.74) is 3.58. The van der Waals surface area contributed by atoms with Crippen LogP contribution < -0.4 is 5.32 Å². The van der Waals surface area contributed by atoms with E-state index in [0.29, 0.717) is 0 Å². The van der Waals surface area contributed by atoms with Crippen molar-refractivity contribution in [2.45, 2.75) is 13.5 Å². The monoisotopic (exact) mass is 279 g/mol. The highest BCUT2D eigenvalue weighted by atomic mass is 79.9. The Bertz CT molecular complexity index is 491. The number of rotatable bonds is 3. The van der Waals surface area contributed by atoms with Crippen LogP contribution in [0.2, 0.25) is 0 Å². The Labute approximate surface area is 104 Å². The van der Waals surface area contributed by atoms with Gasteiger partial charge in [-0.15, -0.1) is 0 Å². The third-order valence-electron chi connectivity index (χ3n) is 2.43. The molecule has 0 fully saturated rings. The Morgan fingerprint density at radius 2 is 2.25 bits per heavy atom. The average Bonchev–Trinajstić information content (AvgIpc) is 2.63. The van der Waals surface area contributed by atoms with Crippen molar-refractivity contribution in [2.24, 2.45) is 7.05 Å². The molecular weight excluding hydrogens is 266 g/mol. The van der Waals surface area contributed by atoms with E-state index in [1.165, 1.54) is 11.1 Å². The Balaban J connectivity index is 2.04. The second kappa shape index (κ2) is 4.70. The maximum atomic E-state index is 4.13. The summed E-state index contributed by atoms with van der Waals surface area (Å²) >= 11 is 3.45. The van der Waals surface area contributed by atoms with Gasteiger partial charge in [-0.2, -0.15) is 5.10 Å². The SMILES string of the molecule is Cc1cc(Br)ccc1NCc1cnn(C)c1. The van der Waals surface area contributed by atoms with E-state index in [9.17, 15) is 0 Å². The minimum absolute atomic E-state index is 0.802. The number of halogens is 1. The summed E-state index contributed by atoms with van der Waals surface area (Å²) in [5, 5.41) is 7.53. The van der Waals surface area contributed by atoms with Gasteiger partial charge in [0, 0.05) is 35.5 Å². The van der Waals surface area contributed by atoms with Crippen LogP contribution in [0.1, 0.15) is 11.1 Å². The van der Waals surface area contributed by atoms with Gasteiger partial charge in [-0.25, -0.2) is 0 Å². The van der Waals surface area contributed by atoms with Crippen molar-refractivity contribution in [3.05, 3.63) is 46.2 Å². The van der Waals surface area contributed by atoms with Crippen molar-refractivity contribution in [3.8, 4) is 0 Å². The molecule has 1 N–H and O–H groups in total. The molecular formula is C12H14BrN3. The second-order valence-electron chi connectivity index (χ2n) is 3.84. The third kappa shape index (κ3) is 2.64. The lowest BCUT2D eigenvalue weighted by Gasteiger charge is -2.08. The van der Waals surface area contributed by atoms with E-state index in [0.717, 1.165) is 16.7 Å². The van der Waals surface area contributed by atoms with Crippen molar-refractivity contribution < 1.29 is 0 Å². The molecule has 0 radical (unpaired) electrons. The van der Waals surface area contributed by atoms with E-state index in [1.54, 1.807) is 0 Å². The standard InChI is InChI=1S/C12H14BrN3/c1-9-5-11(13)3-4-12(9)14-6-10-7-15-16(2)8-10/h3-5,7-8,14H,6H2,1-2H3. The number of aryl methyl sites for hydroxylation is 2. The Kier molecular flexibility index (Phi) is 3.29. The Hall–Kier alpha value is -1.29. The molecule has 4 heteroatoms. The smallest absolute Gasteiger partial charge is 0.0539 e. The fraction of sp³-hybridized carbons (Fsp3) is 0.250. The quantitative estimate of drug-likeness (QED) is 0.936. The molecule has 0 atom stereocenters. The molecule has 0 saturated carbocycles. The van der Waals surface area contributed by atoms with Crippen LogP contribution in [-0.2, 0) is 13.6 Å². The molecule has 0 saturated heterocycles. The zero-order chi connectivity index (χ0) is 11.5. The number of hydrogen-bond acceptors (Lipinski definition) is 2. The zero-order valence-corrected chi connectivity index (χ0v) is 11.0. The first-order valence-corrected chi connectivity index (χ1v) is 5.92. The van der Waals surface area contributed by atoms with Gasteiger partial charge in [-0.05, 0) is 30.7 Å². The topological polar surface area (TPSA) is 29.9 Å². The van der Waals surface area contributed by atoms with E-state index in [2.05, 4.69) is 45.4 Å². The highest BCUT2D eigenvalue weighted by molar-refractivity contribution is 9.10. The van der Waals surface area contributed by atoms with Crippen molar-refractivity contribution in [1.29, 1.82) is 0 Å². The summed E-state index contributed by atoms with van der Waals surface area (Å²) in [4.78, 5) is 0. The molecule has 0 amide bonds. The van der Waals surface area contributed by atoms with Crippen LogP contribution in [0.15, 0.2) is 35.1 Å². The molecule has 1 heterocycles. The molecule has 0 aliphatic rings. The van der Waals surface area contributed by atoms with Crippen molar-refractivity contribution in [1.82, 2.24) is 9.78 Å². The number of anilines is 1. The summed E-state index contributed by atoms with van der Waals surface area (Å²) in [5.74, 6) is 0. The van der Waals surface area contributed by atoms with Gasteiger partial charge in [0.05, 0.1) is 6.20 Å². The molecule has 84 valence electrons. The summed E-state index contributed by atoms with van der Waals surface area (Å²) < 4.78 is 2.92. The first-order valence-electron chi connectivity index (χ1n) is 5.13. The molecule has 3 nitrogen and oxygen atoms in total. The third-order valence-corrected chi connectivity index (χ3v) is 2.92. The van der Waals surface area contributed by atoms with Crippen molar-refractivity contribution in [2.75, 3.05) is 5.32 Å². The van der Waals surface area contributed by atoms with Crippen molar-refractivity contribution in [3.63, 3.8) is 0 Å². The van der Waals surface area contributed by atoms with E-state index in [-0.39, 0.29) is 0 Å². The minimum Gasteiger partial charge on any atom is -0.381 e. The second-order valence-corrected chi connectivity index (χ2v) is 4.75. The number of nitrogens with one attached hydrogen (secondary N) is 1. The fourth-order valence-electron chi connectivity index (χ4n) is 1.59. The highest BCUT2D eigenvalue weighted by Gasteiger charge is 2.00. The molecule has 0 unspecified atom stereocenters. The van der Waals surface area contributed by atoms with E-state index < -0.39 is 0 Å². The molecule has 1 aromatic heterocycles. The van der Waals surface area contributed by atoms with Gasteiger partial charge < -0.3 is 5.32 Å². The lowest BCUT2D eigenvalue weighted by Crippen LogP contribution is -2.00. The maximum absolute atomic E-state index is 4.13. The van der Waals surface area contributed by atoms with Gasteiger partial charge in [0.2, 0.25) is 0 Å². The van der Waals surface area contributed by atoms with Gasteiger partial charge in [-0.3, -0.25) is 4.68 Å². The molecule has 2 aromatic rings. The largest absolute Gasteiger partial charge is 0.381 e. The predicted molar refractivity (Wildman–Crippen MR) is 69.4 cm³/mol. The summed E-state index contributed by atoms with van der Waals surface area (Å²) in [6.07, 6.45) is 3.89. The minimum atomic E-state index is 0.802. The summed E-state index contributed by atoms with van der Waals surface area (Å²) in [7, 11) is 1.92. The fourth-order valence-corrected chi connectivity index (χ4v) is 2.06. The van der Waals surface area contributed by atoms with Gasteiger partial charge in [-0.1, -0.05) is 15.9 Å². The van der Waals surface area contributed by atoms with Crippen LogP contribution in [0.3, 0.4) is 0 Å². The van der Waals surface area contributed by atoms with Crippen LogP contribution in [0.25, 0.3) is 0 Å². The van der Waals surface area contributed by atoms with E-state index in [4.69, 9.17) is 0 Å². The zero-order valence-electron chi connectivity index (χ0n) is 9.37. The molecule has 0 aliphatic heterocycles. The molecule has 0 bridgehead atoms.